The Morgan fingerprint density at radius 1 is 1.19 bits per heavy atom. The zero-order valence-corrected chi connectivity index (χ0v) is 16.1. The van der Waals surface area contributed by atoms with Crippen molar-refractivity contribution in [2.75, 3.05) is 5.73 Å². The topological polar surface area (TPSA) is 113 Å². The molecule has 134 valence electrons. The molecule has 3 aromatic rings. The number of hydrogen-bond acceptors (Lipinski definition) is 7. The highest BCUT2D eigenvalue weighted by Gasteiger charge is 2.22. The van der Waals surface area contributed by atoms with Crippen LogP contribution in [0.3, 0.4) is 0 Å². The molecule has 0 unspecified atom stereocenters. The molecule has 0 radical (unpaired) electrons. The lowest BCUT2D eigenvalue weighted by Crippen LogP contribution is -2.03. The highest BCUT2D eigenvalue weighted by atomic mass is 35.5. The van der Waals surface area contributed by atoms with Crippen molar-refractivity contribution in [2.45, 2.75) is 24.6 Å². The van der Waals surface area contributed by atoms with E-state index in [1.165, 1.54) is 11.8 Å². The van der Waals surface area contributed by atoms with Gasteiger partial charge in [0.2, 0.25) is 0 Å². The Morgan fingerprint density at radius 3 is 2.48 bits per heavy atom. The minimum atomic E-state index is 0.0627. The smallest absolute Gasteiger partial charge is 0.143 e. The number of aryl methyl sites for hydroxylation is 2. The van der Waals surface area contributed by atoms with Gasteiger partial charge in [0.1, 0.15) is 34.3 Å². The zero-order valence-electron chi connectivity index (χ0n) is 14.6. The Balaban J connectivity index is 2.15. The van der Waals surface area contributed by atoms with Crippen molar-refractivity contribution in [1.29, 1.82) is 10.5 Å². The summed E-state index contributed by atoms with van der Waals surface area (Å²) < 4.78 is 5.18. The van der Waals surface area contributed by atoms with E-state index in [0.717, 1.165) is 11.3 Å². The Labute approximate surface area is 165 Å². The van der Waals surface area contributed by atoms with Crippen LogP contribution < -0.4 is 5.73 Å². The molecule has 0 fully saturated rings. The van der Waals surface area contributed by atoms with Gasteiger partial charge < -0.3 is 10.3 Å². The number of pyridine rings is 1. The first-order valence-electron chi connectivity index (χ1n) is 7.91. The molecule has 0 saturated carbocycles. The molecule has 0 bridgehead atoms. The predicted molar refractivity (Wildman–Crippen MR) is 104 cm³/mol. The fourth-order valence-electron chi connectivity index (χ4n) is 2.68. The fraction of sp³-hybridized carbons (Fsp3) is 0.158. The van der Waals surface area contributed by atoms with E-state index < -0.39 is 0 Å². The molecule has 0 aliphatic rings. The summed E-state index contributed by atoms with van der Waals surface area (Å²) in [6.45, 7) is 3.68. The van der Waals surface area contributed by atoms with Crippen molar-refractivity contribution in [3.63, 3.8) is 0 Å². The molecule has 0 atom stereocenters. The van der Waals surface area contributed by atoms with Crippen LogP contribution in [0.5, 0.6) is 0 Å². The number of hydrogen-bond donors (Lipinski definition) is 1. The summed E-state index contributed by atoms with van der Waals surface area (Å²) in [5, 5.41) is 24.2. The number of halogens is 1. The lowest BCUT2D eigenvalue weighted by Gasteiger charge is -2.14. The minimum Gasteiger partial charge on any atom is -0.383 e. The second kappa shape index (κ2) is 7.71. The lowest BCUT2D eigenvalue weighted by atomic mass is 9.97. The van der Waals surface area contributed by atoms with Gasteiger partial charge in [0.25, 0.3) is 0 Å². The second-order valence-electron chi connectivity index (χ2n) is 5.72. The third-order valence-corrected chi connectivity index (χ3v) is 5.42. The summed E-state index contributed by atoms with van der Waals surface area (Å²) in [7, 11) is 0. The van der Waals surface area contributed by atoms with Gasteiger partial charge in [-0.25, -0.2) is 4.98 Å². The van der Waals surface area contributed by atoms with Gasteiger partial charge in [-0.05, 0) is 19.9 Å². The van der Waals surface area contributed by atoms with E-state index in [0.29, 0.717) is 32.7 Å². The van der Waals surface area contributed by atoms with Crippen LogP contribution in [0.25, 0.3) is 11.1 Å². The van der Waals surface area contributed by atoms with Crippen LogP contribution >= 0.6 is 23.4 Å². The first-order chi connectivity index (χ1) is 13.0. The number of nitriles is 2. The van der Waals surface area contributed by atoms with Gasteiger partial charge in [-0.2, -0.15) is 10.5 Å². The summed E-state index contributed by atoms with van der Waals surface area (Å²) in [4.78, 5) is 4.29. The number of nitrogens with two attached hydrogens (primary N) is 1. The van der Waals surface area contributed by atoms with Gasteiger partial charge >= 0.3 is 0 Å². The molecule has 0 amide bonds. The average molecular weight is 396 g/mol. The lowest BCUT2D eigenvalue weighted by molar-refractivity contribution is 0.392. The van der Waals surface area contributed by atoms with Crippen molar-refractivity contribution in [3.8, 4) is 23.3 Å². The number of aromatic nitrogens is 2. The largest absolute Gasteiger partial charge is 0.383 e. The van der Waals surface area contributed by atoms with Crippen molar-refractivity contribution in [1.82, 2.24) is 10.1 Å². The summed E-state index contributed by atoms with van der Waals surface area (Å²) in [6.07, 6.45) is 0. The van der Waals surface area contributed by atoms with Gasteiger partial charge in [-0.3, -0.25) is 0 Å². The van der Waals surface area contributed by atoms with Crippen molar-refractivity contribution in [3.05, 3.63) is 57.4 Å². The molecule has 8 heteroatoms. The number of thioether (sulfide) groups is 1. The van der Waals surface area contributed by atoms with Gasteiger partial charge in [0, 0.05) is 27.5 Å². The molecule has 0 saturated heterocycles. The van der Waals surface area contributed by atoms with Gasteiger partial charge in [0.05, 0.1) is 11.3 Å². The molecule has 0 aliphatic heterocycles. The predicted octanol–water partition coefficient (Wildman–Crippen LogP) is 4.62. The Kier molecular flexibility index (Phi) is 5.36. The highest BCUT2D eigenvalue weighted by molar-refractivity contribution is 7.98. The molecule has 27 heavy (non-hydrogen) atoms. The molecule has 2 N–H and O–H groups in total. The maximum absolute atomic E-state index is 9.80. The van der Waals surface area contributed by atoms with E-state index in [1.807, 2.05) is 19.9 Å². The monoisotopic (exact) mass is 395 g/mol. The summed E-state index contributed by atoms with van der Waals surface area (Å²) in [5.74, 6) is 1.29. The van der Waals surface area contributed by atoms with E-state index >= 15 is 0 Å². The summed E-state index contributed by atoms with van der Waals surface area (Å²) in [6, 6.07) is 11.2. The fourth-order valence-corrected chi connectivity index (χ4v) is 4.06. The molecule has 2 heterocycles. The van der Waals surface area contributed by atoms with E-state index in [2.05, 4.69) is 16.2 Å². The molecular formula is C19H14ClN5OS. The quantitative estimate of drug-likeness (QED) is 0.641. The van der Waals surface area contributed by atoms with E-state index in [4.69, 9.17) is 21.9 Å². The number of rotatable bonds is 4. The number of benzene rings is 1. The van der Waals surface area contributed by atoms with Crippen molar-refractivity contribution < 1.29 is 4.52 Å². The molecule has 1 aromatic carbocycles. The van der Waals surface area contributed by atoms with Crippen LogP contribution in [0.2, 0.25) is 5.02 Å². The molecular weight excluding hydrogens is 382 g/mol. The highest BCUT2D eigenvalue weighted by Crippen LogP contribution is 2.39. The molecule has 3 rings (SSSR count). The average Bonchev–Trinajstić information content (AvgIpc) is 2.97. The van der Waals surface area contributed by atoms with Crippen LogP contribution in [0, 0.1) is 36.5 Å². The Morgan fingerprint density at radius 2 is 1.89 bits per heavy atom. The van der Waals surface area contributed by atoms with Crippen LogP contribution in [-0.2, 0) is 5.75 Å². The second-order valence-corrected chi connectivity index (χ2v) is 7.09. The number of anilines is 1. The third kappa shape index (κ3) is 3.48. The van der Waals surface area contributed by atoms with Gasteiger partial charge in [-0.15, -0.1) is 11.8 Å². The molecule has 0 spiro atoms. The van der Waals surface area contributed by atoms with Crippen molar-refractivity contribution in [2.24, 2.45) is 0 Å². The standard InChI is InChI=1S/C19H14ClN5OS/c1-10-15(11(2)26-25-10)9-27-19-14(8-22)17(13(7-21)18(23)24-19)12-5-3-4-6-16(12)20/h3-6H,9H2,1-2H3,(H2,23,24). The zero-order chi connectivity index (χ0) is 19.6. The Bertz CT molecular complexity index is 1090. The SMILES string of the molecule is Cc1noc(C)c1CSc1nc(N)c(C#N)c(-c2ccccc2Cl)c1C#N. The van der Waals surface area contributed by atoms with Crippen LogP contribution in [0.4, 0.5) is 5.82 Å². The van der Waals surface area contributed by atoms with Crippen molar-refractivity contribution >= 4 is 29.2 Å². The third-order valence-electron chi connectivity index (χ3n) is 4.09. The molecule has 2 aromatic heterocycles. The molecule has 0 aliphatic carbocycles. The van der Waals surface area contributed by atoms with E-state index in [1.54, 1.807) is 24.3 Å². The summed E-state index contributed by atoms with van der Waals surface area (Å²) in [5.41, 5.74) is 9.13. The normalized spacial score (nSPS) is 10.4. The maximum Gasteiger partial charge on any atom is 0.143 e. The first kappa shape index (κ1) is 18.8. The summed E-state index contributed by atoms with van der Waals surface area (Å²) >= 11 is 7.65. The number of nitrogen functional groups attached to an aromatic ring is 1. The van der Waals surface area contributed by atoms with Gasteiger partial charge in [0.15, 0.2) is 0 Å². The number of nitrogens with zero attached hydrogens (tertiary/aromatic N) is 4. The van der Waals surface area contributed by atoms with Crippen LogP contribution in [0.15, 0.2) is 33.8 Å². The van der Waals surface area contributed by atoms with E-state index in [9.17, 15) is 10.5 Å². The minimum absolute atomic E-state index is 0.0627. The first-order valence-corrected chi connectivity index (χ1v) is 9.27. The molecule has 6 nitrogen and oxygen atoms in total. The van der Waals surface area contributed by atoms with Crippen LogP contribution in [0.1, 0.15) is 28.1 Å². The van der Waals surface area contributed by atoms with E-state index in [-0.39, 0.29) is 16.9 Å². The van der Waals surface area contributed by atoms with Gasteiger partial charge in [-0.1, -0.05) is 35.0 Å². The Hall–Kier alpha value is -3.00. The van der Waals surface area contributed by atoms with Crippen LogP contribution in [-0.4, -0.2) is 10.1 Å². The maximum atomic E-state index is 9.80.